The Morgan fingerprint density at radius 2 is 2.00 bits per heavy atom. The van der Waals surface area contributed by atoms with E-state index in [1.54, 1.807) is 24.4 Å². The second-order valence-corrected chi connectivity index (χ2v) is 8.83. The number of halogens is 1. The van der Waals surface area contributed by atoms with Gasteiger partial charge in [-0.2, -0.15) is 0 Å². The first-order valence-corrected chi connectivity index (χ1v) is 9.51. The molecule has 0 aliphatic heterocycles. The van der Waals surface area contributed by atoms with Gasteiger partial charge in [-0.15, -0.1) is 0 Å². The lowest BCUT2D eigenvalue weighted by atomic mass is 10.0. The molecule has 0 aliphatic carbocycles. The quantitative estimate of drug-likeness (QED) is 0.697. The predicted molar refractivity (Wildman–Crippen MR) is 98.0 cm³/mol. The van der Waals surface area contributed by atoms with E-state index in [-0.39, 0.29) is 11.4 Å². The fourth-order valence-electron chi connectivity index (χ4n) is 2.03. The van der Waals surface area contributed by atoms with Crippen LogP contribution in [0.2, 0.25) is 0 Å². The highest BCUT2D eigenvalue weighted by Gasteiger charge is 2.20. The van der Waals surface area contributed by atoms with Crippen molar-refractivity contribution in [3.8, 4) is 11.1 Å². The van der Waals surface area contributed by atoms with Crippen molar-refractivity contribution < 1.29 is 13.5 Å². The first kappa shape index (κ1) is 18.9. The number of anilines is 1. The number of benzene rings is 1. The van der Waals surface area contributed by atoms with Crippen molar-refractivity contribution in [1.82, 2.24) is 9.71 Å². The molecule has 1 aromatic heterocycles. The van der Waals surface area contributed by atoms with Crippen LogP contribution in [0, 0.1) is 6.92 Å². The van der Waals surface area contributed by atoms with Crippen LogP contribution in [0.25, 0.3) is 11.1 Å². The standard InChI is InChI=1S/C16H20BrN3O3S/c1-10-4-5-12(24(22,23)20-9-16(2,3)21)7-13(10)11-6-14(17)15(18)19-8-11/h4-8,20-21H,9H2,1-3H3,(H2,18,19). The van der Waals surface area contributed by atoms with Gasteiger partial charge in [-0.25, -0.2) is 18.1 Å². The van der Waals surface area contributed by atoms with E-state index in [2.05, 4.69) is 25.6 Å². The summed E-state index contributed by atoms with van der Waals surface area (Å²) in [7, 11) is -3.73. The second-order valence-electron chi connectivity index (χ2n) is 6.20. The fraction of sp³-hybridized carbons (Fsp3) is 0.312. The molecule has 8 heteroatoms. The number of aryl methyl sites for hydroxylation is 1. The van der Waals surface area contributed by atoms with Crippen molar-refractivity contribution >= 4 is 31.8 Å². The van der Waals surface area contributed by atoms with Crippen LogP contribution in [0.3, 0.4) is 0 Å². The molecule has 0 fully saturated rings. The molecule has 1 aromatic carbocycles. The number of nitrogens with one attached hydrogen (secondary N) is 1. The van der Waals surface area contributed by atoms with Crippen LogP contribution >= 0.6 is 15.9 Å². The number of nitrogen functional groups attached to an aromatic ring is 1. The molecule has 0 saturated carbocycles. The van der Waals surface area contributed by atoms with E-state index < -0.39 is 15.6 Å². The maximum absolute atomic E-state index is 12.4. The van der Waals surface area contributed by atoms with Gasteiger partial charge in [0.05, 0.1) is 15.0 Å². The zero-order chi connectivity index (χ0) is 18.1. The summed E-state index contributed by atoms with van der Waals surface area (Å²) in [6, 6.07) is 6.65. The van der Waals surface area contributed by atoms with Crippen molar-refractivity contribution in [3.05, 3.63) is 40.5 Å². The predicted octanol–water partition coefficient (Wildman–Crippen LogP) is 2.45. The van der Waals surface area contributed by atoms with Crippen molar-refractivity contribution in [2.24, 2.45) is 0 Å². The first-order valence-electron chi connectivity index (χ1n) is 7.24. The molecule has 24 heavy (non-hydrogen) atoms. The van der Waals surface area contributed by atoms with E-state index in [1.807, 2.05) is 6.92 Å². The smallest absolute Gasteiger partial charge is 0.240 e. The highest BCUT2D eigenvalue weighted by Crippen LogP contribution is 2.29. The zero-order valence-electron chi connectivity index (χ0n) is 13.7. The van der Waals surface area contributed by atoms with Crippen LogP contribution in [-0.2, 0) is 10.0 Å². The summed E-state index contributed by atoms with van der Waals surface area (Å²) in [5.74, 6) is 0.368. The van der Waals surface area contributed by atoms with E-state index in [0.29, 0.717) is 10.3 Å². The Bertz CT molecular complexity index is 861. The lowest BCUT2D eigenvalue weighted by Crippen LogP contribution is -2.38. The Labute approximate surface area is 150 Å². The summed E-state index contributed by atoms with van der Waals surface area (Å²) in [6.07, 6.45) is 1.60. The van der Waals surface area contributed by atoms with Crippen molar-refractivity contribution in [2.45, 2.75) is 31.3 Å². The molecule has 1 heterocycles. The molecule has 130 valence electrons. The molecule has 6 nitrogen and oxygen atoms in total. The minimum absolute atomic E-state index is 0.0759. The largest absolute Gasteiger partial charge is 0.389 e. The maximum atomic E-state index is 12.4. The molecule has 0 radical (unpaired) electrons. The Morgan fingerprint density at radius 3 is 2.58 bits per heavy atom. The van der Waals surface area contributed by atoms with Crippen molar-refractivity contribution in [2.75, 3.05) is 12.3 Å². The molecule has 0 atom stereocenters. The highest BCUT2D eigenvalue weighted by atomic mass is 79.9. The van der Waals surface area contributed by atoms with Crippen LogP contribution in [0.15, 0.2) is 39.8 Å². The number of nitrogens with zero attached hydrogens (tertiary/aromatic N) is 1. The monoisotopic (exact) mass is 413 g/mol. The molecule has 0 aliphatic rings. The minimum atomic E-state index is -3.73. The van der Waals surface area contributed by atoms with Crippen LogP contribution in [0.1, 0.15) is 19.4 Å². The van der Waals surface area contributed by atoms with E-state index in [4.69, 9.17) is 5.73 Å². The molecule has 0 unspecified atom stereocenters. The number of sulfonamides is 1. The van der Waals surface area contributed by atoms with E-state index in [9.17, 15) is 13.5 Å². The van der Waals surface area contributed by atoms with E-state index >= 15 is 0 Å². The van der Waals surface area contributed by atoms with Gasteiger partial charge in [-0.1, -0.05) is 6.07 Å². The maximum Gasteiger partial charge on any atom is 0.240 e. The normalized spacial score (nSPS) is 12.4. The molecule has 4 N–H and O–H groups in total. The average molecular weight is 414 g/mol. The van der Waals surface area contributed by atoms with Crippen LogP contribution in [-0.4, -0.2) is 30.7 Å². The van der Waals surface area contributed by atoms with Gasteiger partial charge in [0.1, 0.15) is 5.82 Å². The van der Waals surface area contributed by atoms with Gasteiger partial charge in [0.15, 0.2) is 0 Å². The molecular formula is C16H20BrN3O3S. The number of hydrogen-bond donors (Lipinski definition) is 3. The average Bonchev–Trinajstić information content (AvgIpc) is 2.48. The summed E-state index contributed by atoms with van der Waals surface area (Å²) in [4.78, 5) is 4.21. The number of aromatic nitrogens is 1. The van der Waals surface area contributed by atoms with Gasteiger partial charge in [0.2, 0.25) is 10.0 Å². The molecule has 0 saturated heterocycles. The zero-order valence-corrected chi connectivity index (χ0v) is 16.1. The first-order chi connectivity index (χ1) is 11.0. The van der Waals surface area contributed by atoms with Crippen LogP contribution < -0.4 is 10.5 Å². The van der Waals surface area contributed by atoms with E-state index in [0.717, 1.165) is 16.7 Å². The number of hydrogen-bond acceptors (Lipinski definition) is 5. The number of aliphatic hydroxyl groups is 1. The topological polar surface area (TPSA) is 105 Å². The van der Waals surface area contributed by atoms with Gasteiger partial charge < -0.3 is 10.8 Å². The van der Waals surface area contributed by atoms with Gasteiger partial charge in [0.25, 0.3) is 0 Å². The summed E-state index contributed by atoms with van der Waals surface area (Å²) in [6.45, 7) is 4.88. The van der Waals surface area contributed by atoms with Crippen molar-refractivity contribution in [3.63, 3.8) is 0 Å². The molecular weight excluding hydrogens is 394 g/mol. The third-order valence-electron chi connectivity index (χ3n) is 3.39. The summed E-state index contributed by atoms with van der Waals surface area (Å²) >= 11 is 3.33. The fourth-order valence-corrected chi connectivity index (χ4v) is 3.61. The molecule has 0 bridgehead atoms. The third kappa shape index (κ3) is 4.54. The van der Waals surface area contributed by atoms with Crippen LogP contribution in [0.5, 0.6) is 0 Å². The number of rotatable bonds is 5. The minimum Gasteiger partial charge on any atom is -0.389 e. The Balaban J connectivity index is 2.43. The lowest BCUT2D eigenvalue weighted by molar-refractivity contribution is 0.0857. The molecule has 0 spiro atoms. The van der Waals surface area contributed by atoms with Gasteiger partial charge >= 0.3 is 0 Å². The Hall–Kier alpha value is -1.48. The van der Waals surface area contributed by atoms with Crippen LogP contribution in [0.4, 0.5) is 5.82 Å². The van der Waals surface area contributed by atoms with Crippen molar-refractivity contribution in [1.29, 1.82) is 0 Å². The van der Waals surface area contributed by atoms with Gasteiger partial charge in [0, 0.05) is 18.3 Å². The van der Waals surface area contributed by atoms with Gasteiger partial charge in [-0.05, 0) is 66.0 Å². The second kappa shape index (κ2) is 6.79. The summed E-state index contributed by atoms with van der Waals surface area (Å²) in [5.41, 5.74) is 6.98. The highest BCUT2D eigenvalue weighted by molar-refractivity contribution is 9.10. The molecule has 2 rings (SSSR count). The SMILES string of the molecule is Cc1ccc(S(=O)(=O)NCC(C)(C)O)cc1-c1cnc(N)c(Br)c1. The Morgan fingerprint density at radius 1 is 1.33 bits per heavy atom. The molecule has 2 aromatic rings. The number of nitrogens with two attached hydrogens (primary N) is 1. The lowest BCUT2D eigenvalue weighted by Gasteiger charge is -2.18. The number of pyridine rings is 1. The summed E-state index contributed by atoms with van der Waals surface area (Å²) < 4.78 is 27.9. The third-order valence-corrected chi connectivity index (χ3v) is 5.43. The van der Waals surface area contributed by atoms with E-state index in [1.165, 1.54) is 19.9 Å². The Kier molecular flexibility index (Phi) is 5.34. The van der Waals surface area contributed by atoms with Gasteiger partial charge in [-0.3, -0.25) is 0 Å². The summed E-state index contributed by atoms with van der Waals surface area (Å²) in [5, 5.41) is 9.71. The molecule has 0 amide bonds.